The number of rotatable bonds is 12. The maximum absolute atomic E-state index is 3.30. The van der Waals surface area contributed by atoms with Gasteiger partial charge in [-0.2, -0.15) is 0 Å². The summed E-state index contributed by atoms with van der Waals surface area (Å²) >= 11 is 0. The lowest BCUT2D eigenvalue weighted by molar-refractivity contribution is 0.286. The summed E-state index contributed by atoms with van der Waals surface area (Å²) in [6.07, 6.45) is 14.1. The Morgan fingerprint density at radius 2 is 1.12 bits per heavy atom. The fourth-order valence-corrected chi connectivity index (χ4v) is 1.92. The summed E-state index contributed by atoms with van der Waals surface area (Å²) in [5.41, 5.74) is 3.30. The number of hydrogen-bond acceptors (Lipinski definition) is 2. The van der Waals surface area contributed by atoms with Crippen LogP contribution in [0, 0.1) is 0 Å². The fraction of sp³-hybridized carbons (Fsp3) is 1.00. The van der Waals surface area contributed by atoms with Crippen molar-refractivity contribution in [3.8, 4) is 0 Å². The zero-order valence-electron chi connectivity index (χ0n) is 12.1. The zero-order chi connectivity index (χ0) is 12.1. The van der Waals surface area contributed by atoms with E-state index in [1.807, 2.05) is 5.01 Å². The summed E-state index contributed by atoms with van der Waals surface area (Å²) in [4.78, 5) is 0. The van der Waals surface area contributed by atoms with Gasteiger partial charge in [0.25, 0.3) is 0 Å². The van der Waals surface area contributed by atoms with Crippen LogP contribution in [0.3, 0.4) is 0 Å². The van der Waals surface area contributed by atoms with E-state index in [-0.39, 0.29) is 12.4 Å². The number of hydrogen-bond donors (Lipinski definition) is 1. The van der Waals surface area contributed by atoms with Gasteiger partial charge in [0.2, 0.25) is 0 Å². The molecule has 3 heteroatoms. The molecule has 0 atom stereocenters. The first-order valence-corrected chi connectivity index (χ1v) is 7.18. The highest BCUT2D eigenvalue weighted by molar-refractivity contribution is 5.85. The molecule has 0 amide bonds. The molecule has 0 radical (unpaired) electrons. The summed E-state index contributed by atoms with van der Waals surface area (Å²) in [6.45, 7) is 3.41. The van der Waals surface area contributed by atoms with Crippen LogP contribution in [0.5, 0.6) is 0 Å². The average molecular weight is 265 g/mol. The van der Waals surface area contributed by atoms with Gasteiger partial charge in [0, 0.05) is 20.6 Å². The molecular weight excluding hydrogens is 232 g/mol. The van der Waals surface area contributed by atoms with Crippen molar-refractivity contribution < 1.29 is 0 Å². The predicted molar refractivity (Wildman–Crippen MR) is 80.8 cm³/mol. The second-order valence-electron chi connectivity index (χ2n) is 4.98. The van der Waals surface area contributed by atoms with Crippen LogP contribution in [0.2, 0.25) is 0 Å². The van der Waals surface area contributed by atoms with Crippen LogP contribution in [-0.2, 0) is 0 Å². The Balaban J connectivity index is 0. The lowest BCUT2D eigenvalue weighted by Crippen LogP contribution is -2.30. The third kappa shape index (κ3) is 18.8. The molecule has 2 nitrogen and oxygen atoms in total. The van der Waals surface area contributed by atoms with Crippen molar-refractivity contribution in [2.45, 2.75) is 71.1 Å². The molecule has 1 N–H and O–H groups in total. The second kappa shape index (κ2) is 16.2. The molecule has 106 valence electrons. The smallest absolute Gasteiger partial charge is 0.0102 e. The molecule has 0 saturated carbocycles. The van der Waals surface area contributed by atoms with E-state index in [1.165, 1.54) is 64.2 Å². The van der Waals surface area contributed by atoms with E-state index in [2.05, 4.69) is 26.4 Å². The SMILES string of the molecule is CCCCCCCCCCCCNN(C)C.Cl. The molecule has 17 heavy (non-hydrogen) atoms. The van der Waals surface area contributed by atoms with E-state index in [0.29, 0.717) is 0 Å². The molecule has 0 aliphatic heterocycles. The third-order valence-corrected chi connectivity index (χ3v) is 2.96. The minimum Gasteiger partial charge on any atom is -0.256 e. The lowest BCUT2D eigenvalue weighted by atomic mass is 10.1. The number of halogens is 1. The van der Waals surface area contributed by atoms with Crippen molar-refractivity contribution in [2.75, 3.05) is 20.6 Å². The summed E-state index contributed by atoms with van der Waals surface area (Å²) in [5, 5.41) is 2.04. The van der Waals surface area contributed by atoms with Crippen LogP contribution < -0.4 is 5.43 Å². The molecule has 0 aromatic heterocycles. The molecule has 0 heterocycles. The Labute approximate surface area is 115 Å². The predicted octanol–water partition coefficient (Wildman–Crippen LogP) is 4.40. The van der Waals surface area contributed by atoms with Crippen LogP contribution in [0.15, 0.2) is 0 Å². The molecular formula is C14H33ClN2. The standard InChI is InChI=1S/C14H32N2.ClH/c1-4-5-6-7-8-9-10-11-12-13-14-15-16(2)3;/h15H,4-14H2,1-3H3;1H. The van der Waals surface area contributed by atoms with Crippen molar-refractivity contribution in [3.63, 3.8) is 0 Å². The number of unbranched alkanes of at least 4 members (excludes halogenated alkanes) is 9. The number of hydrazine groups is 1. The van der Waals surface area contributed by atoms with Gasteiger partial charge in [0.15, 0.2) is 0 Å². The van der Waals surface area contributed by atoms with E-state index in [9.17, 15) is 0 Å². The molecule has 0 aliphatic carbocycles. The summed E-state index contributed by atoms with van der Waals surface area (Å²) in [6, 6.07) is 0. The first kappa shape index (κ1) is 19.5. The highest BCUT2D eigenvalue weighted by Gasteiger charge is 1.93. The second-order valence-corrected chi connectivity index (χ2v) is 4.98. The molecule has 0 unspecified atom stereocenters. The van der Waals surface area contributed by atoms with E-state index < -0.39 is 0 Å². The quantitative estimate of drug-likeness (QED) is 0.415. The lowest BCUT2D eigenvalue weighted by Gasteiger charge is -2.11. The van der Waals surface area contributed by atoms with Gasteiger partial charge in [0.05, 0.1) is 0 Å². The normalized spacial score (nSPS) is 10.6. The Hall–Kier alpha value is 0.210. The molecule has 0 aliphatic rings. The van der Waals surface area contributed by atoms with Crippen molar-refractivity contribution in [3.05, 3.63) is 0 Å². The van der Waals surface area contributed by atoms with E-state index >= 15 is 0 Å². The Bertz CT molecular complexity index is 129. The summed E-state index contributed by atoms with van der Waals surface area (Å²) in [7, 11) is 4.10. The van der Waals surface area contributed by atoms with Crippen molar-refractivity contribution in [1.29, 1.82) is 0 Å². The average Bonchev–Trinajstić information content (AvgIpc) is 2.25. The van der Waals surface area contributed by atoms with Crippen molar-refractivity contribution in [1.82, 2.24) is 10.4 Å². The topological polar surface area (TPSA) is 15.3 Å². The van der Waals surface area contributed by atoms with Crippen molar-refractivity contribution >= 4 is 12.4 Å². The molecule has 0 saturated heterocycles. The van der Waals surface area contributed by atoms with E-state index in [4.69, 9.17) is 0 Å². The van der Waals surface area contributed by atoms with Gasteiger partial charge >= 0.3 is 0 Å². The molecule has 0 spiro atoms. The molecule has 0 aromatic rings. The van der Waals surface area contributed by atoms with Gasteiger partial charge in [-0.3, -0.25) is 10.4 Å². The Morgan fingerprint density at radius 3 is 1.53 bits per heavy atom. The minimum absolute atomic E-state index is 0. The Morgan fingerprint density at radius 1 is 0.706 bits per heavy atom. The van der Waals surface area contributed by atoms with E-state index in [0.717, 1.165) is 6.54 Å². The van der Waals surface area contributed by atoms with E-state index in [1.54, 1.807) is 0 Å². The molecule has 0 bridgehead atoms. The van der Waals surface area contributed by atoms with Crippen LogP contribution in [-0.4, -0.2) is 25.6 Å². The zero-order valence-corrected chi connectivity index (χ0v) is 13.0. The summed E-state index contributed by atoms with van der Waals surface area (Å²) in [5.74, 6) is 0. The molecule has 0 aromatic carbocycles. The number of nitrogens with one attached hydrogen (secondary N) is 1. The first-order valence-electron chi connectivity index (χ1n) is 7.18. The third-order valence-electron chi connectivity index (χ3n) is 2.96. The maximum atomic E-state index is 3.30. The largest absolute Gasteiger partial charge is 0.256 e. The minimum atomic E-state index is 0. The monoisotopic (exact) mass is 264 g/mol. The van der Waals surface area contributed by atoms with Crippen LogP contribution in [0.25, 0.3) is 0 Å². The Kier molecular flexibility index (Phi) is 18.6. The first-order chi connectivity index (χ1) is 7.77. The summed E-state index contributed by atoms with van der Waals surface area (Å²) < 4.78 is 0. The van der Waals surface area contributed by atoms with Gasteiger partial charge in [-0.1, -0.05) is 64.7 Å². The van der Waals surface area contributed by atoms with Crippen molar-refractivity contribution in [2.24, 2.45) is 0 Å². The van der Waals surface area contributed by atoms with Gasteiger partial charge < -0.3 is 0 Å². The van der Waals surface area contributed by atoms with Crippen LogP contribution in [0.4, 0.5) is 0 Å². The van der Waals surface area contributed by atoms with Crippen LogP contribution >= 0.6 is 12.4 Å². The highest BCUT2D eigenvalue weighted by atomic mass is 35.5. The van der Waals surface area contributed by atoms with Gasteiger partial charge in [-0.15, -0.1) is 12.4 Å². The van der Waals surface area contributed by atoms with Gasteiger partial charge in [-0.25, -0.2) is 0 Å². The highest BCUT2D eigenvalue weighted by Crippen LogP contribution is 2.10. The van der Waals surface area contributed by atoms with Crippen LogP contribution in [0.1, 0.15) is 71.1 Å². The van der Waals surface area contributed by atoms with Gasteiger partial charge in [0.1, 0.15) is 0 Å². The molecule has 0 fully saturated rings. The molecule has 0 rings (SSSR count). The number of nitrogens with zero attached hydrogens (tertiary/aromatic N) is 1. The van der Waals surface area contributed by atoms with Gasteiger partial charge in [-0.05, 0) is 6.42 Å². The fourth-order valence-electron chi connectivity index (χ4n) is 1.92. The maximum Gasteiger partial charge on any atom is 0.0102 e.